The fourth-order valence-corrected chi connectivity index (χ4v) is 4.91. The zero-order chi connectivity index (χ0) is 29.8. The third-order valence-corrected chi connectivity index (χ3v) is 7.09. The Labute approximate surface area is 243 Å². The number of para-hydroxylation sites is 1. The summed E-state index contributed by atoms with van der Waals surface area (Å²) >= 11 is 0. The zero-order valence-corrected chi connectivity index (χ0v) is 23.2. The van der Waals surface area contributed by atoms with Crippen LogP contribution in [0.2, 0.25) is 0 Å². The minimum Gasteiger partial charge on any atom is -0.378 e. The van der Waals surface area contributed by atoms with Gasteiger partial charge in [-0.05, 0) is 59.7 Å². The van der Waals surface area contributed by atoms with Gasteiger partial charge in [0.25, 0.3) is 17.6 Å². The number of ketones is 1. The van der Waals surface area contributed by atoms with E-state index in [1.165, 1.54) is 35.2 Å². The predicted molar refractivity (Wildman–Crippen MR) is 159 cm³/mol. The lowest BCUT2D eigenvalue weighted by atomic mass is 10.0. The number of hydrogen-bond donors (Lipinski definition) is 1. The lowest BCUT2D eigenvalue weighted by molar-refractivity contribution is -0.139. The van der Waals surface area contributed by atoms with Crippen molar-refractivity contribution in [3.8, 4) is 0 Å². The second-order valence-electron chi connectivity index (χ2n) is 10.1. The zero-order valence-electron chi connectivity index (χ0n) is 23.2. The SMILES string of the molecule is CN(C)c1ccc(NC(=O)[C@H](c2ccc(F)cc2)N(Cc2ccccc2)C(=O)CN2C(=O)C(=O)c3ccccc32)cc1. The number of halogens is 1. The summed E-state index contributed by atoms with van der Waals surface area (Å²) in [5.41, 5.74) is 3.13. The van der Waals surface area contributed by atoms with Gasteiger partial charge in [-0.15, -0.1) is 0 Å². The summed E-state index contributed by atoms with van der Waals surface area (Å²) in [6, 6.07) is 27.0. The summed E-state index contributed by atoms with van der Waals surface area (Å²) in [6.07, 6.45) is 0. The van der Waals surface area contributed by atoms with Gasteiger partial charge in [-0.3, -0.25) is 24.1 Å². The number of anilines is 3. The molecule has 0 saturated heterocycles. The summed E-state index contributed by atoms with van der Waals surface area (Å²) in [5, 5.41) is 2.89. The van der Waals surface area contributed by atoms with Crippen LogP contribution in [0.15, 0.2) is 103 Å². The molecule has 0 aliphatic carbocycles. The van der Waals surface area contributed by atoms with E-state index in [9.17, 15) is 23.6 Å². The number of nitrogens with one attached hydrogen (secondary N) is 1. The molecule has 1 aliphatic heterocycles. The first-order chi connectivity index (χ1) is 20.2. The van der Waals surface area contributed by atoms with Crippen LogP contribution in [-0.4, -0.2) is 49.0 Å². The van der Waals surface area contributed by atoms with E-state index in [2.05, 4.69) is 5.32 Å². The molecule has 42 heavy (non-hydrogen) atoms. The molecule has 0 aromatic heterocycles. The van der Waals surface area contributed by atoms with Gasteiger partial charge in [-0.1, -0.05) is 54.6 Å². The highest BCUT2D eigenvalue weighted by atomic mass is 19.1. The highest BCUT2D eigenvalue weighted by Crippen LogP contribution is 2.31. The standard InChI is InChI=1S/C33H29FN4O4/c1-36(2)26-18-16-25(17-19-26)35-32(41)30(23-12-14-24(34)15-13-23)38(20-22-8-4-3-5-9-22)29(39)21-37-28-11-7-6-10-27(28)31(40)33(37)42/h3-19,30H,20-21H2,1-2H3,(H,35,41)/t30-/m0/s1. The van der Waals surface area contributed by atoms with Gasteiger partial charge in [0.1, 0.15) is 18.4 Å². The van der Waals surface area contributed by atoms with Crippen molar-refractivity contribution in [3.63, 3.8) is 0 Å². The summed E-state index contributed by atoms with van der Waals surface area (Å²) in [5.74, 6) is -3.08. The highest BCUT2D eigenvalue weighted by molar-refractivity contribution is 6.52. The maximum absolute atomic E-state index is 14.1. The quantitative estimate of drug-likeness (QED) is 0.294. The Kier molecular flexibility index (Phi) is 8.10. The number of nitrogens with zero attached hydrogens (tertiary/aromatic N) is 3. The molecule has 0 fully saturated rings. The van der Waals surface area contributed by atoms with Gasteiger partial charge in [0, 0.05) is 32.0 Å². The van der Waals surface area contributed by atoms with Gasteiger partial charge in [0.15, 0.2) is 0 Å². The number of hydrogen-bond acceptors (Lipinski definition) is 5. The monoisotopic (exact) mass is 564 g/mol. The van der Waals surface area contributed by atoms with E-state index in [-0.39, 0.29) is 12.1 Å². The van der Waals surface area contributed by atoms with E-state index in [4.69, 9.17) is 0 Å². The summed E-state index contributed by atoms with van der Waals surface area (Å²) in [6.45, 7) is -0.441. The van der Waals surface area contributed by atoms with Crippen LogP contribution in [0.3, 0.4) is 0 Å². The lowest BCUT2D eigenvalue weighted by Crippen LogP contribution is -2.46. The normalized spacial score (nSPS) is 13.0. The lowest BCUT2D eigenvalue weighted by Gasteiger charge is -2.33. The van der Waals surface area contributed by atoms with Gasteiger partial charge in [-0.2, -0.15) is 0 Å². The van der Waals surface area contributed by atoms with Gasteiger partial charge < -0.3 is 15.1 Å². The summed E-state index contributed by atoms with van der Waals surface area (Å²) in [7, 11) is 3.81. The van der Waals surface area contributed by atoms with Gasteiger partial charge in [0.2, 0.25) is 5.91 Å². The first-order valence-electron chi connectivity index (χ1n) is 13.4. The van der Waals surface area contributed by atoms with Crippen molar-refractivity contribution in [3.05, 3.63) is 126 Å². The minimum atomic E-state index is -1.18. The molecule has 9 heteroatoms. The highest BCUT2D eigenvalue weighted by Gasteiger charge is 2.39. The van der Waals surface area contributed by atoms with E-state index in [1.54, 1.807) is 30.3 Å². The Morgan fingerprint density at radius 2 is 1.48 bits per heavy atom. The second-order valence-corrected chi connectivity index (χ2v) is 10.1. The van der Waals surface area contributed by atoms with Crippen molar-refractivity contribution in [1.29, 1.82) is 0 Å². The van der Waals surface area contributed by atoms with E-state index in [0.717, 1.165) is 16.2 Å². The number of carbonyl (C=O) groups excluding carboxylic acids is 4. The molecule has 4 aromatic rings. The van der Waals surface area contributed by atoms with Crippen LogP contribution < -0.4 is 15.1 Å². The maximum Gasteiger partial charge on any atom is 0.299 e. The molecule has 0 bridgehead atoms. The number of carbonyl (C=O) groups is 4. The van der Waals surface area contributed by atoms with Crippen molar-refractivity contribution in [2.45, 2.75) is 12.6 Å². The van der Waals surface area contributed by atoms with Crippen LogP contribution in [0.4, 0.5) is 21.5 Å². The summed E-state index contributed by atoms with van der Waals surface area (Å²) in [4.78, 5) is 57.9. The topological polar surface area (TPSA) is 90.0 Å². The number of benzene rings is 4. The fraction of sp³-hybridized carbons (Fsp3) is 0.152. The largest absolute Gasteiger partial charge is 0.378 e. The molecule has 5 rings (SSSR count). The molecule has 1 atom stereocenters. The molecule has 0 unspecified atom stereocenters. The van der Waals surface area contributed by atoms with E-state index < -0.39 is 41.9 Å². The van der Waals surface area contributed by atoms with Crippen molar-refractivity contribution >= 4 is 40.6 Å². The van der Waals surface area contributed by atoms with Crippen LogP contribution in [0.5, 0.6) is 0 Å². The van der Waals surface area contributed by atoms with Crippen LogP contribution in [-0.2, 0) is 20.9 Å². The van der Waals surface area contributed by atoms with Crippen LogP contribution in [0, 0.1) is 5.82 Å². The van der Waals surface area contributed by atoms with Gasteiger partial charge in [-0.25, -0.2) is 4.39 Å². The molecule has 0 spiro atoms. The molecule has 4 aromatic carbocycles. The molecule has 1 aliphatic rings. The Hall–Kier alpha value is -5.31. The Bertz CT molecular complexity index is 1620. The van der Waals surface area contributed by atoms with Crippen molar-refractivity contribution in [2.75, 3.05) is 35.8 Å². The molecule has 0 saturated carbocycles. The molecule has 8 nitrogen and oxygen atoms in total. The van der Waals surface area contributed by atoms with Gasteiger partial charge in [0.05, 0.1) is 11.3 Å². The van der Waals surface area contributed by atoms with Crippen LogP contribution in [0.1, 0.15) is 27.5 Å². The molecule has 1 N–H and O–H groups in total. The third kappa shape index (κ3) is 5.90. The van der Waals surface area contributed by atoms with E-state index >= 15 is 0 Å². The molecular formula is C33H29FN4O4. The average Bonchev–Trinajstić information content (AvgIpc) is 3.23. The van der Waals surface area contributed by atoms with Crippen molar-refractivity contribution in [2.24, 2.45) is 0 Å². The second kappa shape index (κ2) is 12.1. The predicted octanol–water partition coefficient (Wildman–Crippen LogP) is 4.83. The van der Waals surface area contributed by atoms with Crippen molar-refractivity contribution < 1.29 is 23.6 Å². The Morgan fingerprint density at radius 3 is 2.14 bits per heavy atom. The molecule has 1 heterocycles. The molecule has 0 radical (unpaired) electrons. The first kappa shape index (κ1) is 28.2. The van der Waals surface area contributed by atoms with Crippen LogP contribution in [0.25, 0.3) is 0 Å². The fourth-order valence-electron chi connectivity index (χ4n) is 4.91. The Balaban J connectivity index is 1.52. The van der Waals surface area contributed by atoms with Crippen molar-refractivity contribution in [1.82, 2.24) is 4.90 Å². The van der Waals surface area contributed by atoms with E-state index in [0.29, 0.717) is 16.9 Å². The molecule has 3 amide bonds. The smallest absolute Gasteiger partial charge is 0.299 e. The minimum absolute atomic E-state index is 0.0202. The first-order valence-corrected chi connectivity index (χ1v) is 13.4. The number of amides is 3. The maximum atomic E-state index is 14.1. The number of rotatable bonds is 9. The van der Waals surface area contributed by atoms with E-state index in [1.807, 2.05) is 61.5 Å². The molecular weight excluding hydrogens is 535 g/mol. The third-order valence-electron chi connectivity index (χ3n) is 7.09. The average molecular weight is 565 g/mol. The van der Waals surface area contributed by atoms with Gasteiger partial charge >= 0.3 is 0 Å². The Morgan fingerprint density at radius 1 is 0.833 bits per heavy atom. The number of fused-ring (bicyclic) bond motifs is 1. The summed E-state index contributed by atoms with van der Waals surface area (Å²) < 4.78 is 13.9. The number of Topliss-reactive ketones (excluding diaryl/α,β-unsaturated/α-hetero) is 1. The van der Waals surface area contributed by atoms with Crippen LogP contribution >= 0.6 is 0 Å². The molecule has 212 valence electrons.